The second kappa shape index (κ2) is 11.3. The Hall–Kier alpha value is -3.19. The molecule has 1 saturated heterocycles. The summed E-state index contributed by atoms with van der Waals surface area (Å²) in [4.78, 5) is 8.91. The Bertz CT molecular complexity index is 1350. The van der Waals surface area contributed by atoms with Gasteiger partial charge in [0.1, 0.15) is 29.9 Å². The standard InChI is InChI=1S/C26H27F3N4O4S/c1-17-30-24-12-21(6-7-25(24)38-17)35-16-19(34)14-32-8-10-33(11-9-32)15-22-13-23(31-37-22)18-2-4-20(5-3-18)36-26(27,28)29/h2-7,12-13,19,34H,8-11,14-16H2,1H3. The smallest absolute Gasteiger partial charge is 0.491 e. The summed E-state index contributed by atoms with van der Waals surface area (Å²) in [5, 5.41) is 15.5. The number of aromatic nitrogens is 2. The number of aliphatic hydroxyl groups is 1. The minimum absolute atomic E-state index is 0.207. The minimum Gasteiger partial charge on any atom is -0.491 e. The summed E-state index contributed by atoms with van der Waals surface area (Å²) >= 11 is 1.64. The first-order valence-corrected chi connectivity index (χ1v) is 13.0. The van der Waals surface area contributed by atoms with E-state index in [0.29, 0.717) is 35.9 Å². The fourth-order valence-electron chi connectivity index (χ4n) is 4.36. The number of hydrogen-bond acceptors (Lipinski definition) is 9. The maximum Gasteiger partial charge on any atom is 0.573 e. The SMILES string of the molecule is Cc1nc2cc(OCC(O)CN3CCN(Cc4cc(-c5ccc(OC(F)(F)F)cc5)no4)CC3)ccc2s1. The molecule has 8 nitrogen and oxygen atoms in total. The maximum atomic E-state index is 12.3. The van der Waals surface area contributed by atoms with Crippen molar-refractivity contribution >= 4 is 21.6 Å². The van der Waals surface area contributed by atoms with Gasteiger partial charge < -0.3 is 19.1 Å². The summed E-state index contributed by atoms with van der Waals surface area (Å²) in [5.41, 5.74) is 2.09. The van der Waals surface area contributed by atoms with E-state index in [9.17, 15) is 18.3 Å². The molecule has 1 unspecified atom stereocenters. The van der Waals surface area contributed by atoms with Crippen molar-refractivity contribution in [1.29, 1.82) is 0 Å². The number of aryl methyl sites for hydroxylation is 1. The van der Waals surface area contributed by atoms with Crippen molar-refractivity contribution in [1.82, 2.24) is 19.9 Å². The van der Waals surface area contributed by atoms with Crippen LogP contribution in [0.25, 0.3) is 21.5 Å². The van der Waals surface area contributed by atoms with Crippen molar-refractivity contribution in [3.63, 3.8) is 0 Å². The molecule has 3 heterocycles. The molecule has 0 bridgehead atoms. The van der Waals surface area contributed by atoms with Crippen LogP contribution in [-0.2, 0) is 6.54 Å². The van der Waals surface area contributed by atoms with Crippen LogP contribution in [0, 0.1) is 6.92 Å². The van der Waals surface area contributed by atoms with E-state index in [1.165, 1.54) is 24.3 Å². The van der Waals surface area contributed by atoms with Crippen molar-refractivity contribution in [2.75, 3.05) is 39.3 Å². The predicted molar refractivity (Wildman–Crippen MR) is 136 cm³/mol. The first-order chi connectivity index (χ1) is 18.2. The molecule has 1 aliphatic rings. The largest absolute Gasteiger partial charge is 0.573 e. The van der Waals surface area contributed by atoms with Gasteiger partial charge in [-0.15, -0.1) is 24.5 Å². The molecule has 202 valence electrons. The van der Waals surface area contributed by atoms with E-state index in [4.69, 9.17) is 9.26 Å². The zero-order chi connectivity index (χ0) is 26.7. The normalized spacial score (nSPS) is 16.1. The molecular weight excluding hydrogens is 521 g/mol. The quantitative estimate of drug-likeness (QED) is 0.322. The van der Waals surface area contributed by atoms with Crippen LogP contribution < -0.4 is 9.47 Å². The van der Waals surface area contributed by atoms with Crippen LogP contribution >= 0.6 is 11.3 Å². The topological polar surface area (TPSA) is 84.1 Å². The van der Waals surface area contributed by atoms with E-state index in [0.717, 1.165) is 41.4 Å². The number of alkyl halides is 3. The first-order valence-electron chi connectivity index (χ1n) is 12.1. The molecule has 0 aliphatic carbocycles. The number of hydrogen-bond donors (Lipinski definition) is 1. The van der Waals surface area contributed by atoms with Gasteiger partial charge >= 0.3 is 6.36 Å². The number of thiazole rings is 1. The molecule has 4 aromatic rings. The van der Waals surface area contributed by atoms with E-state index in [2.05, 4.69) is 24.7 Å². The van der Waals surface area contributed by atoms with Gasteiger partial charge in [0.15, 0.2) is 5.76 Å². The summed E-state index contributed by atoms with van der Waals surface area (Å²) in [5.74, 6) is 1.08. The van der Waals surface area contributed by atoms with Gasteiger partial charge in [-0.1, -0.05) is 5.16 Å². The molecule has 38 heavy (non-hydrogen) atoms. The number of benzene rings is 2. The van der Waals surface area contributed by atoms with Gasteiger partial charge in [0.2, 0.25) is 0 Å². The van der Waals surface area contributed by atoms with Gasteiger partial charge in [-0.3, -0.25) is 9.80 Å². The number of piperazine rings is 1. The summed E-state index contributed by atoms with van der Waals surface area (Å²) in [6, 6.07) is 13.1. The molecule has 1 atom stereocenters. The Morgan fingerprint density at radius 1 is 1.03 bits per heavy atom. The number of nitrogens with zero attached hydrogens (tertiary/aromatic N) is 4. The van der Waals surface area contributed by atoms with Crippen LogP contribution in [0.1, 0.15) is 10.8 Å². The predicted octanol–water partition coefficient (Wildman–Crippen LogP) is 4.72. The summed E-state index contributed by atoms with van der Waals surface area (Å²) < 4.78 is 53.3. The van der Waals surface area contributed by atoms with E-state index >= 15 is 0 Å². The highest BCUT2D eigenvalue weighted by atomic mass is 32.1. The van der Waals surface area contributed by atoms with E-state index in [1.807, 2.05) is 25.1 Å². The number of rotatable bonds is 9. The molecule has 2 aromatic carbocycles. The van der Waals surface area contributed by atoms with Gasteiger partial charge in [0, 0.05) is 50.4 Å². The second-order valence-corrected chi connectivity index (χ2v) is 10.4. The molecule has 0 spiro atoms. The fourth-order valence-corrected chi connectivity index (χ4v) is 5.16. The maximum absolute atomic E-state index is 12.3. The van der Waals surface area contributed by atoms with Crippen LogP contribution in [0.15, 0.2) is 53.1 Å². The van der Waals surface area contributed by atoms with Gasteiger partial charge in [0.25, 0.3) is 0 Å². The van der Waals surface area contributed by atoms with Crippen molar-refractivity contribution in [2.45, 2.75) is 25.9 Å². The van der Waals surface area contributed by atoms with Crippen LogP contribution in [0.3, 0.4) is 0 Å². The number of aliphatic hydroxyl groups excluding tert-OH is 1. The highest BCUT2D eigenvalue weighted by Gasteiger charge is 2.31. The Labute approximate surface area is 221 Å². The fraction of sp³-hybridized carbons (Fsp3) is 0.385. The van der Waals surface area contributed by atoms with E-state index < -0.39 is 12.5 Å². The zero-order valence-electron chi connectivity index (χ0n) is 20.6. The lowest BCUT2D eigenvalue weighted by molar-refractivity contribution is -0.274. The first kappa shape index (κ1) is 26.4. The third-order valence-corrected chi connectivity index (χ3v) is 7.12. The average molecular weight is 549 g/mol. The number of ether oxygens (including phenoxy) is 2. The van der Waals surface area contributed by atoms with Gasteiger partial charge in [-0.05, 0) is 43.3 Å². The number of halogens is 3. The summed E-state index contributed by atoms with van der Waals surface area (Å²) in [7, 11) is 0. The van der Waals surface area contributed by atoms with Gasteiger partial charge in [-0.2, -0.15) is 0 Å². The summed E-state index contributed by atoms with van der Waals surface area (Å²) in [6.45, 7) is 6.46. The summed E-state index contributed by atoms with van der Waals surface area (Å²) in [6.07, 6.45) is -5.34. The van der Waals surface area contributed by atoms with Crippen LogP contribution in [0.4, 0.5) is 13.2 Å². The molecule has 1 N–H and O–H groups in total. The van der Waals surface area contributed by atoms with Crippen molar-refractivity contribution in [2.24, 2.45) is 0 Å². The molecule has 0 saturated carbocycles. The van der Waals surface area contributed by atoms with Crippen molar-refractivity contribution in [3.05, 3.63) is 59.3 Å². The van der Waals surface area contributed by atoms with Gasteiger partial charge in [-0.25, -0.2) is 4.98 Å². The highest BCUT2D eigenvalue weighted by molar-refractivity contribution is 7.18. The zero-order valence-corrected chi connectivity index (χ0v) is 21.5. The van der Waals surface area contributed by atoms with Crippen molar-refractivity contribution in [3.8, 4) is 22.8 Å². The number of β-amino-alcohol motifs (C(OH)–C–C–N with tert-alkyl or cyclic N) is 1. The molecule has 5 rings (SSSR count). The molecule has 12 heteroatoms. The Morgan fingerprint density at radius 2 is 1.74 bits per heavy atom. The third kappa shape index (κ3) is 7.01. The highest BCUT2D eigenvalue weighted by Crippen LogP contribution is 2.27. The number of fused-ring (bicyclic) bond motifs is 1. The van der Waals surface area contributed by atoms with Crippen LogP contribution in [-0.4, -0.2) is 76.8 Å². The van der Waals surface area contributed by atoms with Crippen LogP contribution in [0.5, 0.6) is 11.5 Å². The molecule has 1 aliphatic heterocycles. The lowest BCUT2D eigenvalue weighted by Crippen LogP contribution is -2.48. The van der Waals surface area contributed by atoms with E-state index in [1.54, 1.807) is 17.4 Å². The minimum atomic E-state index is -4.73. The molecule has 1 fully saturated rings. The Balaban J connectivity index is 1.05. The monoisotopic (exact) mass is 548 g/mol. The Kier molecular flexibility index (Phi) is 7.84. The van der Waals surface area contributed by atoms with Gasteiger partial charge in [0.05, 0.1) is 21.8 Å². The Morgan fingerprint density at radius 3 is 2.47 bits per heavy atom. The molecular formula is C26H27F3N4O4S. The molecule has 2 aromatic heterocycles. The molecule has 0 amide bonds. The van der Waals surface area contributed by atoms with E-state index in [-0.39, 0.29) is 12.4 Å². The van der Waals surface area contributed by atoms with Crippen molar-refractivity contribution < 1.29 is 32.3 Å². The lowest BCUT2D eigenvalue weighted by Gasteiger charge is -2.35. The average Bonchev–Trinajstić information content (AvgIpc) is 3.48. The lowest BCUT2D eigenvalue weighted by atomic mass is 10.1. The van der Waals surface area contributed by atoms with Crippen LogP contribution in [0.2, 0.25) is 0 Å². The third-order valence-electron chi connectivity index (χ3n) is 6.16. The molecule has 0 radical (unpaired) electrons. The second-order valence-electron chi connectivity index (χ2n) is 9.15.